The van der Waals surface area contributed by atoms with Gasteiger partial charge in [0, 0.05) is 50.4 Å². The predicted octanol–water partition coefficient (Wildman–Crippen LogP) is 3.96. The van der Waals surface area contributed by atoms with Gasteiger partial charge in [-0.1, -0.05) is 17.7 Å². The molecule has 0 N–H and O–H groups in total. The van der Waals surface area contributed by atoms with Crippen LogP contribution >= 0.6 is 27.3 Å². The molecule has 31 heavy (non-hydrogen) atoms. The Bertz CT molecular complexity index is 1030. The van der Waals surface area contributed by atoms with Crippen LogP contribution in [0.2, 0.25) is 0 Å². The monoisotopic (exact) mass is 525 g/mol. The average Bonchev–Trinajstić information content (AvgIpc) is 3.21. The van der Waals surface area contributed by atoms with Crippen molar-refractivity contribution in [2.24, 2.45) is 5.92 Å². The number of carbonyl (C=O) groups is 1. The molecule has 3 heterocycles. The molecule has 2 aliphatic heterocycles. The summed E-state index contributed by atoms with van der Waals surface area (Å²) in [7, 11) is -3.47. The highest BCUT2D eigenvalue weighted by molar-refractivity contribution is 9.11. The first kappa shape index (κ1) is 22.8. The van der Waals surface area contributed by atoms with E-state index in [1.165, 1.54) is 26.9 Å². The molecule has 9 heteroatoms. The number of hydrogen-bond donors (Lipinski definition) is 0. The van der Waals surface area contributed by atoms with Gasteiger partial charge >= 0.3 is 0 Å². The lowest BCUT2D eigenvalue weighted by Gasteiger charge is -2.43. The average molecular weight is 527 g/mol. The fraction of sp³-hybridized carbons (Fsp3) is 0.500. The van der Waals surface area contributed by atoms with Gasteiger partial charge in [-0.3, -0.25) is 4.79 Å². The van der Waals surface area contributed by atoms with E-state index in [0.717, 1.165) is 10.3 Å². The SMILES string of the molecule is Cc1ccc(N2CCN(C(=O)C3CCN(S(=O)(=O)c4ccc(Br)s4)CC3)C[C@@H]2C)cc1. The molecule has 6 nitrogen and oxygen atoms in total. The molecule has 0 bridgehead atoms. The summed E-state index contributed by atoms with van der Waals surface area (Å²) in [5, 5.41) is 0. The van der Waals surface area contributed by atoms with Crippen molar-refractivity contribution in [2.45, 2.75) is 36.9 Å². The maximum atomic E-state index is 13.2. The molecule has 2 saturated heterocycles. The van der Waals surface area contributed by atoms with Crippen molar-refractivity contribution < 1.29 is 13.2 Å². The van der Waals surface area contributed by atoms with E-state index in [0.29, 0.717) is 43.2 Å². The van der Waals surface area contributed by atoms with Crippen molar-refractivity contribution in [3.63, 3.8) is 0 Å². The topological polar surface area (TPSA) is 60.9 Å². The van der Waals surface area contributed by atoms with Gasteiger partial charge in [0.1, 0.15) is 4.21 Å². The van der Waals surface area contributed by atoms with E-state index in [1.54, 1.807) is 12.1 Å². The third kappa shape index (κ3) is 4.84. The van der Waals surface area contributed by atoms with Crippen molar-refractivity contribution in [3.05, 3.63) is 45.7 Å². The minimum atomic E-state index is -3.47. The van der Waals surface area contributed by atoms with E-state index < -0.39 is 10.0 Å². The van der Waals surface area contributed by atoms with E-state index in [2.05, 4.69) is 58.9 Å². The van der Waals surface area contributed by atoms with Crippen LogP contribution in [0.25, 0.3) is 0 Å². The molecule has 4 rings (SSSR count). The number of sulfonamides is 1. The minimum absolute atomic E-state index is 0.0975. The Hall–Kier alpha value is -1.42. The smallest absolute Gasteiger partial charge is 0.252 e. The van der Waals surface area contributed by atoms with Gasteiger partial charge in [0.25, 0.3) is 10.0 Å². The van der Waals surface area contributed by atoms with Crippen molar-refractivity contribution >= 4 is 48.9 Å². The number of piperazine rings is 1. The fourth-order valence-corrected chi connectivity index (χ4v) is 8.08. The summed E-state index contributed by atoms with van der Waals surface area (Å²) in [5.74, 6) is 0.0750. The third-order valence-corrected chi connectivity index (χ3v) is 10.2. The van der Waals surface area contributed by atoms with Gasteiger partial charge < -0.3 is 9.80 Å². The maximum absolute atomic E-state index is 13.2. The number of hydrogen-bond acceptors (Lipinski definition) is 5. The molecule has 0 spiro atoms. The van der Waals surface area contributed by atoms with Crippen LogP contribution in [0.3, 0.4) is 0 Å². The second-order valence-corrected chi connectivity index (χ2v) is 13.0. The molecule has 0 saturated carbocycles. The van der Waals surface area contributed by atoms with Gasteiger partial charge in [-0.2, -0.15) is 4.31 Å². The Morgan fingerprint density at radius 2 is 1.71 bits per heavy atom. The molecule has 1 aromatic heterocycles. The number of rotatable bonds is 4. The molecule has 2 fully saturated rings. The first-order chi connectivity index (χ1) is 14.8. The Kier molecular flexibility index (Phi) is 6.76. The number of thiophene rings is 1. The number of halogens is 1. The lowest BCUT2D eigenvalue weighted by atomic mass is 9.95. The molecule has 2 aromatic rings. The highest BCUT2D eigenvalue weighted by Crippen LogP contribution is 2.31. The van der Waals surface area contributed by atoms with Crippen LogP contribution in [0.1, 0.15) is 25.3 Å². The van der Waals surface area contributed by atoms with Crippen molar-refractivity contribution in [2.75, 3.05) is 37.6 Å². The Labute approximate surface area is 197 Å². The highest BCUT2D eigenvalue weighted by atomic mass is 79.9. The summed E-state index contributed by atoms with van der Waals surface area (Å²) in [6.45, 7) is 7.26. The van der Waals surface area contributed by atoms with E-state index in [1.807, 2.05) is 4.90 Å². The van der Waals surface area contributed by atoms with Crippen LogP contribution in [-0.2, 0) is 14.8 Å². The number of benzene rings is 1. The van der Waals surface area contributed by atoms with E-state index >= 15 is 0 Å². The molecule has 1 atom stereocenters. The number of piperidine rings is 1. The van der Waals surface area contributed by atoms with Crippen LogP contribution in [0, 0.1) is 12.8 Å². The highest BCUT2D eigenvalue weighted by Gasteiger charge is 2.36. The Morgan fingerprint density at radius 3 is 2.29 bits per heavy atom. The van der Waals surface area contributed by atoms with E-state index in [-0.39, 0.29) is 17.9 Å². The maximum Gasteiger partial charge on any atom is 0.252 e. The predicted molar refractivity (Wildman–Crippen MR) is 128 cm³/mol. The fourth-order valence-electron chi connectivity index (χ4n) is 4.44. The van der Waals surface area contributed by atoms with Crippen LogP contribution in [-0.4, -0.2) is 62.3 Å². The summed E-state index contributed by atoms with van der Waals surface area (Å²) in [5.41, 5.74) is 2.44. The van der Waals surface area contributed by atoms with Crippen molar-refractivity contribution in [3.8, 4) is 0 Å². The zero-order valence-electron chi connectivity index (χ0n) is 17.8. The van der Waals surface area contributed by atoms with Gasteiger partial charge in [0.15, 0.2) is 0 Å². The standard InChI is InChI=1S/C22H28BrN3O3S2/c1-16-3-5-19(6-4-16)26-14-13-24(15-17(26)2)22(27)18-9-11-25(12-10-18)31(28,29)21-8-7-20(23)30-21/h3-8,17-18H,9-15H2,1-2H3/t17-/m0/s1. The van der Waals surface area contributed by atoms with Crippen LogP contribution in [0.5, 0.6) is 0 Å². The molecular weight excluding hydrogens is 498 g/mol. The van der Waals surface area contributed by atoms with Crippen LogP contribution in [0.15, 0.2) is 44.4 Å². The van der Waals surface area contributed by atoms with Gasteiger partial charge in [-0.15, -0.1) is 11.3 Å². The third-order valence-electron chi connectivity index (χ3n) is 6.25. The summed E-state index contributed by atoms with van der Waals surface area (Å²) in [6.07, 6.45) is 1.16. The second kappa shape index (κ2) is 9.21. The largest absolute Gasteiger partial charge is 0.365 e. The molecule has 168 valence electrons. The summed E-state index contributed by atoms with van der Waals surface area (Å²) >= 11 is 4.55. The Balaban J connectivity index is 1.33. The quantitative estimate of drug-likeness (QED) is 0.606. The van der Waals surface area contributed by atoms with E-state index in [9.17, 15) is 13.2 Å². The lowest BCUT2D eigenvalue weighted by molar-refractivity contribution is -0.137. The minimum Gasteiger partial charge on any atom is -0.365 e. The van der Waals surface area contributed by atoms with Gasteiger partial charge in [-0.05, 0) is 66.9 Å². The van der Waals surface area contributed by atoms with Gasteiger partial charge in [0.05, 0.1) is 3.79 Å². The normalized spacial score (nSPS) is 21.5. The molecule has 2 aliphatic rings. The summed E-state index contributed by atoms with van der Waals surface area (Å²) in [6, 6.07) is 12.2. The molecular formula is C22H28BrN3O3S2. The van der Waals surface area contributed by atoms with Gasteiger partial charge in [-0.25, -0.2) is 8.42 Å². The van der Waals surface area contributed by atoms with E-state index in [4.69, 9.17) is 0 Å². The van der Waals surface area contributed by atoms with Crippen LogP contribution in [0.4, 0.5) is 5.69 Å². The summed E-state index contributed by atoms with van der Waals surface area (Å²) < 4.78 is 28.3. The Morgan fingerprint density at radius 1 is 1.03 bits per heavy atom. The van der Waals surface area contributed by atoms with Crippen molar-refractivity contribution in [1.82, 2.24) is 9.21 Å². The number of carbonyl (C=O) groups excluding carboxylic acids is 1. The first-order valence-electron chi connectivity index (χ1n) is 10.6. The first-order valence-corrected chi connectivity index (χ1v) is 13.7. The zero-order valence-corrected chi connectivity index (χ0v) is 21.0. The zero-order chi connectivity index (χ0) is 22.2. The molecule has 1 amide bonds. The van der Waals surface area contributed by atoms with Crippen LogP contribution < -0.4 is 4.90 Å². The molecule has 1 aromatic carbocycles. The summed E-state index contributed by atoms with van der Waals surface area (Å²) in [4.78, 5) is 17.5. The molecule has 0 unspecified atom stereocenters. The van der Waals surface area contributed by atoms with Crippen molar-refractivity contribution in [1.29, 1.82) is 0 Å². The number of nitrogens with zero attached hydrogens (tertiary/aromatic N) is 3. The molecule has 0 aliphatic carbocycles. The molecule has 0 radical (unpaired) electrons. The number of amides is 1. The number of aryl methyl sites for hydroxylation is 1. The lowest BCUT2D eigenvalue weighted by Crippen LogP contribution is -2.55. The second-order valence-electron chi connectivity index (χ2n) is 8.40. The van der Waals surface area contributed by atoms with Gasteiger partial charge in [0.2, 0.25) is 5.91 Å². The number of anilines is 1.